The maximum atomic E-state index is 9.84. The van der Waals surface area contributed by atoms with Crippen molar-refractivity contribution in [2.24, 2.45) is 0 Å². The molecule has 0 fully saturated rings. The number of aromatic hydroxyl groups is 1. The van der Waals surface area contributed by atoms with Gasteiger partial charge in [-0.05, 0) is 30.8 Å². The van der Waals surface area contributed by atoms with Gasteiger partial charge >= 0.3 is 0 Å². The Labute approximate surface area is 115 Å². The van der Waals surface area contributed by atoms with Crippen LogP contribution in [0.5, 0.6) is 5.75 Å². The summed E-state index contributed by atoms with van der Waals surface area (Å²) >= 11 is 4.54. The fraction of sp³-hybridized carbons (Fsp3) is 0.200. The average Bonchev–Trinajstić information content (AvgIpc) is 2.34. The van der Waals surface area contributed by atoms with Crippen LogP contribution in [-0.2, 0) is 0 Å². The molecule has 0 aliphatic carbocycles. The zero-order valence-corrected chi connectivity index (χ0v) is 12.4. The summed E-state index contributed by atoms with van der Waals surface area (Å²) < 4.78 is 0. The first kappa shape index (κ1) is 13.5. The summed E-state index contributed by atoms with van der Waals surface area (Å²) in [5.41, 5.74) is 2.50. The standard InChI is InChI=1S/C15H17OPS/c1-10-7-8-14(12(9-10)11(2)18)17-15-6-4-3-5-13(15)16/h3-9,11,16-18H,1-2H3. The molecular weight excluding hydrogens is 259 g/mol. The molecule has 94 valence electrons. The van der Waals surface area contributed by atoms with Gasteiger partial charge in [0.15, 0.2) is 0 Å². The van der Waals surface area contributed by atoms with Crippen LogP contribution in [0, 0.1) is 6.92 Å². The largest absolute Gasteiger partial charge is 0.507 e. The van der Waals surface area contributed by atoms with Crippen LogP contribution in [0.2, 0.25) is 0 Å². The number of thiol groups is 1. The Morgan fingerprint density at radius 2 is 1.83 bits per heavy atom. The zero-order chi connectivity index (χ0) is 13.1. The highest BCUT2D eigenvalue weighted by Crippen LogP contribution is 2.26. The Bertz CT molecular complexity index is 552. The van der Waals surface area contributed by atoms with Crippen molar-refractivity contribution >= 4 is 31.8 Å². The number of hydrogen-bond acceptors (Lipinski definition) is 2. The molecular formula is C15H17OPS. The summed E-state index contributed by atoms with van der Waals surface area (Å²) in [6, 6.07) is 14.0. The smallest absolute Gasteiger partial charge is 0.123 e. The third-order valence-electron chi connectivity index (χ3n) is 2.83. The summed E-state index contributed by atoms with van der Waals surface area (Å²) in [7, 11) is 0.465. The molecule has 2 rings (SSSR count). The van der Waals surface area contributed by atoms with Crippen molar-refractivity contribution in [3.05, 3.63) is 53.6 Å². The average molecular weight is 276 g/mol. The number of benzene rings is 2. The summed E-state index contributed by atoms with van der Waals surface area (Å²) in [6.07, 6.45) is 0. The first-order valence-electron chi connectivity index (χ1n) is 5.91. The second-order valence-electron chi connectivity index (χ2n) is 4.41. The number of phenolic OH excluding ortho intramolecular Hbond substituents is 1. The highest BCUT2D eigenvalue weighted by atomic mass is 32.1. The van der Waals surface area contributed by atoms with Crippen LogP contribution in [0.4, 0.5) is 0 Å². The zero-order valence-electron chi connectivity index (χ0n) is 10.5. The second kappa shape index (κ2) is 5.77. The van der Waals surface area contributed by atoms with Crippen LogP contribution in [0.25, 0.3) is 0 Å². The maximum absolute atomic E-state index is 9.84. The minimum atomic E-state index is 0.207. The van der Waals surface area contributed by atoms with Gasteiger partial charge in [-0.1, -0.05) is 50.5 Å². The number of hydrogen-bond donors (Lipinski definition) is 2. The van der Waals surface area contributed by atoms with Gasteiger partial charge in [-0.2, -0.15) is 12.6 Å². The second-order valence-corrected chi connectivity index (χ2v) is 6.51. The molecule has 0 heterocycles. The van der Waals surface area contributed by atoms with E-state index in [4.69, 9.17) is 0 Å². The molecule has 1 N–H and O–H groups in total. The lowest BCUT2D eigenvalue weighted by atomic mass is 10.1. The SMILES string of the molecule is Cc1ccc(Pc2ccccc2O)c(C(C)S)c1. The number of aryl methyl sites for hydroxylation is 1. The minimum absolute atomic E-state index is 0.207. The van der Waals surface area contributed by atoms with Crippen molar-refractivity contribution in [2.75, 3.05) is 0 Å². The van der Waals surface area contributed by atoms with Gasteiger partial charge in [-0.25, -0.2) is 0 Å². The molecule has 2 aromatic carbocycles. The van der Waals surface area contributed by atoms with E-state index in [2.05, 4.69) is 44.7 Å². The van der Waals surface area contributed by atoms with E-state index in [1.54, 1.807) is 6.07 Å². The van der Waals surface area contributed by atoms with E-state index < -0.39 is 0 Å². The minimum Gasteiger partial charge on any atom is -0.507 e. The topological polar surface area (TPSA) is 20.2 Å². The van der Waals surface area contributed by atoms with Gasteiger partial charge < -0.3 is 5.11 Å². The fourth-order valence-corrected chi connectivity index (χ4v) is 3.48. The summed E-state index contributed by atoms with van der Waals surface area (Å²) in [5, 5.41) is 12.3. The monoisotopic (exact) mass is 276 g/mol. The highest BCUT2D eigenvalue weighted by molar-refractivity contribution is 7.80. The van der Waals surface area contributed by atoms with E-state index in [1.165, 1.54) is 16.4 Å². The van der Waals surface area contributed by atoms with Gasteiger partial charge in [0.05, 0.1) is 0 Å². The van der Waals surface area contributed by atoms with E-state index in [0.29, 0.717) is 14.3 Å². The van der Waals surface area contributed by atoms with E-state index >= 15 is 0 Å². The van der Waals surface area contributed by atoms with E-state index in [0.717, 1.165) is 5.30 Å². The quantitative estimate of drug-likeness (QED) is 0.651. The number of rotatable bonds is 3. The molecule has 0 spiro atoms. The molecule has 0 aromatic heterocycles. The lowest BCUT2D eigenvalue weighted by Crippen LogP contribution is -2.10. The third-order valence-corrected chi connectivity index (χ3v) is 4.53. The molecule has 2 aromatic rings. The van der Waals surface area contributed by atoms with Crippen LogP contribution >= 0.6 is 21.2 Å². The molecule has 0 bridgehead atoms. The number of para-hydroxylation sites is 1. The van der Waals surface area contributed by atoms with Crippen molar-refractivity contribution < 1.29 is 5.11 Å². The molecule has 0 radical (unpaired) electrons. The molecule has 0 saturated carbocycles. The van der Waals surface area contributed by atoms with Crippen LogP contribution in [0.15, 0.2) is 42.5 Å². The number of phenols is 1. The van der Waals surface area contributed by atoms with Crippen molar-refractivity contribution in [2.45, 2.75) is 19.1 Å². The molecule has 0 saturated heterocycles. The Morgan fingerprint density at radius 1 is 1.11 bits per heavy atom. The molecule has 2 unspecified atom stereocenters. The predicted octanol–water partition coefficient (Wildman–Crippen LogP) is 3.32. The van der Waals surface area contributed by atoms with Crippen LogP contribution in [-0.4, -0.2) is 5.11 Å². The summed E-state index contributed by atoms with van der Waals surface area (Å²) in [4.78, 5) is 0. The first-order valence-corrected chi connectivity index (χ1v) is 7.43. The molecule has 18 heavy (non-hydrogen) atoms. The van der Waals surface area contributed by atoms with Gasteiger partial charge in [-0.3, -0.25) is 0 Å². The fourth-order valence-electron chi connectivity index (χ4n) is 1.87. The maximum Gasteiger partial charge on any atom is 0.123 e. The molecule has 0 amide bonds. The highest BCUT2D eigenvalue weighted by Gasteiger charge is 2.09. The van der Waals surface area contributed by atoms with Crippen LogP contribution < -0.4 is 10.6 Å². The predicted molar refractivity (Wildman–Crippen MR) is 84.3 cm³/mol. The van der Waals surface area contributed by atoms with Gasteiger partial charge in [-0.15, -0.1) is 0 Å². The van der Waals surface area contributed by atoms with Crippen LogP contribution in [0.1, 0.15) is 23.3 Å². The molecule has 0 aliphatic rings. The Kier molecular flexibility index (Phi) is 4.31. The van der Waals surface area contributed by atoms with Crippen molar-refractivity contribution in [3.63, 3.8) is 0 Å². The van der Waals surface area contributed by atoms with E-state index in [1.807, 2.05) is 18.2 Å². The van der Waals surface area contributed by atoms with Crippen LogP contribution in [0.3, 0.4) is 0 Å². The van der Waals surface area contributed by atoms with E-state index in [9.17, 15) is 5.11 Å². The Hall–Kier alpha value is -0.980. The molecule has 1 nitrogen and oxygen atoms in total. The molecule has 2 atom stereocenters. The van der Waals surface area contributed by atoms with Crippen molar-refractivity contribution in [1.29, 1.82) is 0 Å². The van der Waals surface area contributed by atoms with Crippen molar-refractivity contribution in [1.82, 2.24) is 0 Å². The van der Waals surface area contributed by atoms with Gasteiger partial charge in [0, 0.05) is 10.6 Å². The summed E-state index contributed by atoms with van der Waals surface area (Å²) in [6.45, 7) is 4.17. The van der Waals surface area contributed by atoms with Crippen molar-refractivity contribution in [3.8, 4) is 5.75 Å². The Balaban J connectivity index is 2.37. The van der Waals surface area contributed by atoms with E-state index in [-0.39, 0.29) is 5.25 Å². The summed E-state index contributed by atoms with van der Waals surface area (Å²) in [5.74, 6) is 0.370. The third kappa shape index (κ3) is 3.07. The van der Waals surface area contributed by atoms with Gasteiger partial charge in [0.2, 0.25) is 0 Å². The Morgan fingerprint density at radius 3 is 2.50 bits per heavy atom. The molecule has 3 heteroatoms. The first-order chi connectivity index (χ1) is 8.58. The lowest BCUT2D eigenvalue weighted by molar-refractivity contribution is 0.480. The van der Waals surface area contributed by atoms with Gasteiger partial charge in [0.1, 0.15) is 5.75 Å². The normalized spacial score (nSPS) is 13.1. The van der Waals surface area contributed by atoms with Gasteiger partial charge in [0.25, 0.3) is 0 Å². The lowest BCUT2D eigenvalue weighted by Gasteiger charge is -2.14. The molecule has 0 aliphatic heterocycles.